The summed E-state index contributed by atoms with van der Waals surface area (Å²) < 4.78 is 35.7. The van der Waals surface area contributed by atoms with Crippen molar-refractivity contribution in [3.8, 4) is 0 Å². The molecule has 148 valence electrons. The molecular weight excluding hydrogens is 437 g/mol. The van der Waals surface area contributed by atoms with Crippen molar-refractivity contribution in [1.82, 2.24) is 9.78 Å². The Balaban J connectivity index is 2.12. The molecule has 0 radical (unpaired) electrons. The molecule has 0 spiro atoms. The van der Waals surface area contributed by atoms with Crippen LogP contribution >= 0.6 is 34.5 Å². The maximum atomic E-state index is 13.5. The average molecular weight is 454 g/mol. The number of halogens is 2. The lowest BCUT2D eigenvalue weighted by Crippen LogP contribution is -2.54. The summed E-state index contributed by atoms with van der Waals surface area (Å²) in [5.74, 6) is 0. The maximum Gasteiger partial charge on any atom is 0.334 e. The fourth-order valence-electron chi connectivity index (χ4n) is 2.89. The third-order valence-corrected chi connectivity index (χ3v) is 7.32. The van der Waals surface area contributed by atoms with Gasteiger partial charge in [0.05, 0.1) is 27.9 Å². The summed E-state index contributed by atoms with van der Waals surface area (Å²) in [5.41, 5.74) is 5.65. The highest BCUT2D eigenvalue weighted by molar-refractivity contribution is 7.95. The van der Waals surface area contributed by atoms with Crippen LogP contribution in [0.5, 0.6) is 0 Å². The van der Waals surface area contributed by atoms with E-state index in [1.165, 1.54) is 16.9 Å². The van der Waals surface area contributed by atoms with Crippen LogP contribution in [0.3, 0.4) is 0 Å². The van der Waals surface area contributed by atoms with Gasteiger partial charge in [-0.05, 0) is 18.9 Å². The van der Waals surface area contributed by atoms with E-state index in [4.69, 9.17) is 33.7 Å². The monoisotopic (exact) mass is 453 g/mol. The number of rotatable bonds is 5. The summed E-state index contributed by atoms with van der Waals surface area (Å²) in [6, 6.07) is -0.322. The number of nitrogens with zero attached hydrogens (tertiary/aromatic N) is 4. The van der Waals surface area contributed by atoms with Gasteiger partial charge in [-0.3, -0.25) is 4.68 Å². The number of hydrogen-bond acceptors (Lipinski definition) is 6. The van der Waals surface area contributed by atoms with Gasteiger partial charge in [-0.2, -0.15) is 17.8 Å². The van der Waals surface area contributed by atoms with E-state index in [2.05, 4.69) is 5.10 Å². The van der Waals surface area contributed by atoms with Crippen molar-refractivity contribution in [2.45, 2.75) is 18.9 Å². The van der Waals surface area contributed by atoms with Crippen molar-refractivity contribution in [1.29, 1.82) is 0 Å². The number of carbonyl (C=O) groups is 1. The van der Waals surface area contributed by atoms with Crippen LogP contribution < -0.4 is 14.3 Å². The van der Waals surface area contributed by atoms with Crippen LogP contribution in [0.4, 0.5) is 16.2 Å². The van der Waals surface area contributed by atoms with Crippen molar-refractivity contribution >= 4 is 62.2 Å². The molecule has 13 heteroatoms. The lowest BCUT2D eigenvalue weighted by atomic mass is 10.1. The van der Waals surface area contributed by atoms with Gasteiger partial charge >= 0.3 is 16.2 Å². The second kappa shape index (κ2) is 7.84. The quantitative estimate of drug-likeness (QED) is 0.747. The number of aromatic nitrogens is 2. The molecule has 2 N–H and O–H groups in total. The topological polar surface area (TPSA) is 111 Å². The minimum atomic E-state index is -4.42. The van der Waals surface area contributed by atoms with Crippen LogP contribution in [-0.4, -0.2) is 43.5 Å². The Morgan fingerprint density at radius 2 is 2.07 bits per heavy atom. The number of carbonyl (C=O) groups excluding carboxylic acids is 1. The lowest BCUT2D eigenvalue weighted by molar-refractivity contribution is 0.0875. The Labute approximate surface area is 170 Å². The summed E-state index contributed by atoms with van der Waals surface area (Å²) in [5, 5.41) is 4.04. The summed E-state index contributed by atoms with van der Waals surface area (Å²) in [4.78, 5) is 12.1. The summed E-state index contributed by atoms with van der Waals surface area (Å²) in [7, 11) is -2.75. The third kappa shape index (κ3) is 4.02. The second-order valence-electron chi connectivity index (χ2n) is 5.83. The number of ether oxygens (including phenoxy) is 1. The molecule has 1 aliphatic heterocycles. The van der Waals surface area contributed by atoms with Gasteiger partial charge in [-0.25, -0.2) is 9.10 Å². The molecule has 0 unspecified atom stereocenters. The molecule has 0 bridgehead atoms. The van der Waals surface area contributed by atoms with E-state index in [1.54, 1.807) is 13.2 Å². The van der Waals surface area contributed by atoms with Crippen LogP contribution in [0, 0.1) is 0 Å². The van der Waals surface area contributed by atoms with E-state index in [9.17, 15) is 13.2 Å². The van der Waals surface area contributed by atoms with Gasteiger partial charge in [0, 0.05) is 26.5 Å². The third-order valence-electron chi connectivity index (χ3n) is 4.01. The number of hydrogen-bond donors (Lipinski definition) is 1. The van der Waals surface area contributed by atoms with Gasteiger partial charge in [-0.1, -0.05) is 23.2 Å². The van der Waals surface area contributed by atoms with E-state index in [-0.39, 0.29) is 14.4 Å². The average Bonchev–Trinajstić information content (AvgIpc) is 3.13. The predicted octanol–water partition coefficient (Wildman–Crippen LogP) is 2.60. The molecule has 3 heterocycles. The van der Waals surface area contributed by atoms with Crippen molar-refractivity contribution in [2.24, 2.45) is 12.8 Å². The van der Waals surface area contributed by atoms with Crippen LogP contribution in [0.1, 0.15) is 12.8 Å². The number of aryl methyl sites for hydroxylation is 1. The van der Waals surface area contributed by atoms with Crippen molar-refractivity contribution in [2.75, 3.05) is 21.8 Å². The number of anilines is 2. The first kappa shape index (κ1) is 20.2. The van der Waals surface area contributed by atoms with E-state index in [1.807, 2.05) is 0 Å². The van der Waals surface area contributed by atoms with Gasteiger partial charge in [-0.15, -0.1) is 11.3 Å². The highest BCUT2D eigenvalue weighted by atomic mass is 35.5. The van der Waals surface area contributed by atoms with Crippen LogP contribution in [-0.2, 0) is 22.0 Å². The first-order valence-corrected chi connectivity index (χ1v) is 10.8. The Kier molecular flexibility index (Phi) is 5.87. The predicted molar refractivity (Wildman–Crippen MR) is 105 cm³/mol. The molecule has 2 aromatic rings. The number of primary amides is 1. The van der Waals surface area contributed by atoms with Gasteiger partial charge in [0.25, 0.3) is 0 Å². The highest BCUT2D eigenvalue weighted by Crippen LogP contribution is 2.40. The number of amides is 2. The Morgan fingerprint density at radius 1 is 1.41 bits per heavy atom. The van der Waals surface area contributed by atoms with Crippen molar-refractivity contribution in [3.05, 3.63) is 27.1 Å². The van der Waals surface area contributed by atoms with E-state index < -0.39 is 22.3 Å². The molecule has 3 rings (SSSR count). The SMILES string of the molecule is Cn1cc(N(C2CCOCC2)S(=O)(=O)N(C(N)=O)c2cc(Cl)sc2Cl)cn1. The molecular formula is C14H17Cl2N5O4S2. The van der Waals surface area contributed by atoms with Gasteiger partial charge in [0.15, 0.2) is 0 Å². The minimum absolute atomic E-state index is 0.0421. The largest absolute Gasteiger partial charge is 0.381 e. The van der Waals surface area contributed by atoms with E-state index in [0.717, 1.165) is 15.6 Å². The molecule has 0 atom stereocenters. The zero-order valence-corrected chi connectivity index (χ0v) is 17.4. The standard InChI is InChI=1S/C14H17Cl2N5O4S2/c1-19-8-10(7-18-19)20(9-2-4-25-5-3-9)27(23,24)21(14(17)22)11-6-12(15)26-13(11)16/h6-9H,2-5H2,1H3,(H2,17,22). The molecule has 1 fully saturated rings. The fourth-order valence-corrected chi connectivity index (χ4v) is 6.18. The minimum Gasteiger partial charge on any atom is -0.381 e. The van der Waals surface area contributed by atoms with E-state index >= 15 is 0 Å². The molecule has 0 aliphatic carbocycles. The van der Waals surface area contributed by atoms with Crippen LogP contribution in [0.15, 0.2) is 18.5 Å². The van der Waals surface area contributed by atoms with Gasteiger partial charge in [0.2, 0.25) is 0 Å². The number of nitrogens with two attached hydrogens (primary N) is 1. The van der Waals surface area contributed by atoms with E-state index in [0.29, 0.717) is 36.0 Å². The fraction of sp³-hybridized carbons (Fsp3) is 0.429. The zero-order valence-electron chi connectivity index (χ0n) is 14.2. The molecule has 0 aromatic carbocycles. The first-order chi connectivity index (χ1) is 12.7. The molecule has 1 saturated heterocycles. The maximum absolute atomic E-state index is 13.5. The smallest absolute Gasteiger partial charge is 0.334 e. The zero-order chi connectivity index (χ0) is 19.8. The Bertz CT molecular complexity index is 939. The molecule has 0 saturated carbocycles. The van der Waals surface area contributed by atoms with Gasteiger partial charge in [0.1, 0.15) is 4.34 Å². The van der Waals surface area contributed by atoms with Crippen LogP contribution in [0.2, 0.25) is 8.67 Å². The number of urea groups is 1. The summed E-state index contributed by atoms with van der Waals surface area (Å²) in [6.07, 6.45) is 3.88. The Morgan fingerprint density at radius 3 is 2.56 bits per heavy atom. The molecule has 9 nitrogen and oxygen atoms in total. The van der Waals surface area contributed by atoms with Crippen molar-refractivity contribution < 1.29 is 17.9 Å². The molecule has 1 aliphatic rings. The molecule has 2 aromatic heterocycles. The molecule has 2 amide bonds. The normalized spacial score (nSPS) is 15.7. The number of thiophene rings is 1. The summed E-state index contributed by atoms with van der Waals surface area (Å²) in [6.45, 7) is 0.803. The van der Waals surface area contributed by atoms with Crippen LogP contribution in [0.25, 0.3) is 0 Å². The van der Waals surface area contributed by atoms with Gasteiger partial charge < -0.3 is 10.5 Å². The second-order valence-corrected chi connectivity index (χ2v) is 9.77. The van der Waals surface area contributed by atoms with Crippen molar-refractivity contribution in [3.63, 3.8) is 0 Å². The lowest BCUT2D eigenvalue weighted by Gasteiger charge is -2.36. The first-order valence-electron chi connectivity index (χ1n) is 7.87. The highest BCUT2D eigenvalue weighted by Gasteiger charge is 2.40. The Hall–Kier alpha value is -1.53. The summed E-state index contributed by atoms with van der Waals surface area (Å²) >= 11 is 13.0. The molecule has 27 heavy (non-hydrogen) atoms.